The molecule has 106 valence electrons. The van der Waals surface area contributed by atoms with Crippen molar-refractivity contribution in [1.29, 1.82) is 0 Å². The Morgan fingerprint density at radius 3 is 2.11 bits per heavy atom. The number of Topliss-reactive ketones (excluding diaryl/α,β-unsaturated/α-hetero) is 1. The van der Waals surface area contributed by atoms with Crippen LogP contribution >= 0.6 is 0 Å². The third-order valence-corrected chi connectivity index (χ3v) is 3.92. The Kier molecular flexibility index (Phi) is 5.74. The molecule has 0 spiro atoms. The molecule has 0 amide bonds. The Bertz CT molecular complexity index is 428. The number of likely N-dealkylation sites (N-methyl/N-ethyl adjacent to an activating group) is 1. The van der Waals surface area contributed by atoms with Gasteiger partial charge in [0.1, 0.15) is 0 Å². The summed E-state index contributed by atoms with van der Waals surface area (Å²) >= 11 is 0. The molecule has 0 bridgehead atoms. The van der Waals surface area contributed by atoms with E-state index in [1.165, 1.54) is 5.56 Å². The summed E-state index contributed by atoms with van der Waals surface area (Å²) < 4.78 is 0. The van der Waals surface area contributed by atoms with E-state index in [1.54, 1.807) is 0 Å². The summed E-state index contributed by atoms with van der Waals surface area (Å²) in [7, 11) is 0. The van der Waals surface area contributed by atoms with Gasteiger partial charge < -0.3 is 0 Å². The third-order valence-electron chi connectivity index (χ3n) is 3.92. The third kappa shape index (κ3) is 3.90. The summed E-state index contributed by atoms with van der Waals surface area (Å²) in [4.78, 5) is 14.8. The molecule has 1 rings (SSSR count). The van der Waals surface area contributed by atoms with Crippen molar-refractivity contribution in [3.05, 3.63) is 34.4 Å². The molecule has 0 aromatic heterocycles. The van der Waals surface area contributed by atoms with Gasteiger partial charge in [-0.2, -0.15) is 0 Å². The molecule has 1 unspecified atom stereocenters. The number of carbonyl (C=O) groups is 1. The van der Waals surface area contributed by atoms with E-state index in [0.717, 1.165) is 29.7 Å². The molecule has 19 heavy (non-hydrogen) atoms. The first-order chi connectivity index (χ1) is 8.90. The first-order valence-electron chi connectivity index (χ1n) is 7.25. The number of carbonyl (C=O) groups excluding carboxylic acids is 1. The van der Waals surface area contributed by atoms with Crippen molar-refractivity contribution in [2.45, 2.75) is 54.0 Å². The van der Waals surface area contributed by atoms with Gasteiger partial charge in [-0.1, -0.05) is 31.5 Å². The van der Waals surface area contributed by atoms with Crippen LogP contribution in [0.2, 0.25) is 0 Å². The molecule has 2 heteroatoms. The van der Waals surface area contributed by atoms with Crippen molar-refractivity contribution in [3.8, 4) is 0 Å². The molecule has 1 aromatic carbocycles. The minimum Gasteiger partial charge on any atom is -0.293 e. The fourth-order valence-corrected chi connectivity index (χ4v) is 2.72. The maximum atomic E-state index is 12.5. The largest absolute Gasteiger partial charge is 0.293 e. The van der Waals surface area contributed by atoms with E-state index < -0.39 is 0 Å². The van der Waals surface area contributed by atoms with Crippen molar-refractivity contribution in [3.63, 3.8) is 0 Å². The first-order valence-corrected chi connectivity index (χ1v) is 7.25. The summed E-state index contributed by atoms with van der Waals surface area (Å²) in [5.41, 5.74) is 4.33. The molecule has 2 nitrogen and oxygen atoms in total. The van der Waals surface area contributed by atoms with Crippen LogP contribution in [0.25, 0.3) is 0 Å². The zero-order valence-corrected chi connectivity index (χ0v) is 13.2. The maximum absolute atomic E-state index is 12.5. The highest BCUT2D eigenvalue weighted by Gasteiger charge is 2.18. The van der Waals surface area contributed by atoms with Crippen LogP contribution in [-0.2, 0) is 0 Å². The van der Waals surface area contributed by atoms with E-state index in [1.807, 2.05) is 13.8 Å². The summed E-state index contributed by atoms with van der Waals surface area (Å²) in [5.74, 6) is 0.247. The van der Waals surface area contributed by atoms with Gasteiger partial charge >= 0.3 is 0 Å². The van der Waals surface area contributed by atoms with Gasteiger partial charge in [-0.25, -0.2) is 0 Å². The molecular weight excluding hydrogens is 234 g/mol. The number of rotatable bonds is 6. The minimum absolute atomic E-state index is 0.247. The number of ketones is 1. The highest BCUT2D eigenvalue weighted by Crippen LogP contribution is 2.18. The second-order valence-electron chi connectivity index (χ2n) is 5.52. The highest BCUT2D eigenvalue weighted by molar-refractivity contribution is 6.00. The Morgan fingerprint density at radius 2 is 1.68 bits per heavy atom. The fourth-order valence-electron chi connectivity index (χ4n) is 2.72. The van der Waals surface area contributed by atoms with Crippen LogP contribution in [0.3, 0.4) is 0 Å². The number of hydrogen-bond donors (Lipinski definition) is 0. The molecule has 1 aromatic rings. The average Bonchev–Trinajstić information content (AvgIpc) is 2.33. The van der Waals surface area contributed by atoms with Gasteiger partial charge in [0.05, 0.1) is 6.54 Å². The molecule has 0 N–H and O–H groups in total. The molecule has 0 heterocycles. The number of benzene rings is 1. The zero-order chi connectivity index (χ0) is 14.6. The molecule has 0 aliphatic rings. The molecule has 0 saturated heterocycles. The monoisotopic (exact) mass is 261 g/mol. The van der Waals surface area contributed by atoms with E-state index in [2.05, 4.69) is 44.7 Å². The summed E-state index contributed by atoms with van der Waals surface area (Å²) in [6.07, 6.45) is 1.08. The normalized spacial score (nSPS) is 12.8. The lowest BCUT2D eigenvalue weighted by molar-refractivity contribution is 0.0901. The lowest BCUT2D eigenvalue weighted by Gasteiger charge is -2.26. The number of nitrogens with zero attached hydrogens (tertiary/aromatic N) is 1. The van der Waals surface area contributed by atoms with Gasteiger partial charge in [-0.15, -0.1) is 0 Å². The quantitative estimate of drug-likeness (QED) is 0.723. The van der Waals surface area contributed by atoms with Gasteiger partial charge in [-0.05, 0) is 51.8 Å². The Hall–Kier alpha value is -1.15. The lowest BCUT2D eigenvalue weighted by atomic mass is 9.96. The van der Waals surface area contributed by atoms with E-state index in [0.29, 0.717) is 12.6 Å². The van der Waals surface area contributed by atoms with Crippen molar-refractivity contribution in [2.75, 3.05) is 13.1 Å². The maximum Gasteiger partial charge on any atom is 0.177 e. The Balaban J connectivity index is 2.95. The Morgan fingerprint density at radius 1 is 1.16 bits per heavy atom. The van der Waals surface area contributed by atoms with Crippen LogP contribution < -0.4 is 0 Å². The van der Waals surface area contributed by atoms with Crippen LogP contribution in [0, 0.1) is 20.8 Å². The van der Waals surface area contributed by atoms with Crippen molar-refractivity contribution >= 4 is 5.78 Å². The van der Waals surface area contributed by atoms with Crippen molar-refractivity contribution in [2.24, 2.45) is 0 Å². The summed E-state index contributed by atoms with van der Waals surface area (Å²) in [6.45, 7) is 14.1. The smallest absolute Gasteiger partial charge is 0.177 e. The second kappa shape index (κ2) is 6.85. The molecule has 0 radical (unpaired) electrons. The van der Waals surface area contributed by atoms with Crippen LogP contribution in [0.5, 0.6) is 0 Å². The average molecular weight is 261 g/mol. The molecule has 0 aliphatic heterocycles. The topological polar surface area (TPSA) is 20.3 Å². The van der Waals surface area contributed by atoms with E-state index in [4.69, 9.17) is 0 Å². The van der Waals surface area contributed by atoms with Gasteiger partial charge in [0, 0.05) is 11.6 Å². The summed E-state index contributed by atoms with van der Waals surface area (Å²) in [5, 5.41) is 0. The van der Waals surface area contributed by atoms with Crippen LogP contribution in [0.15, 0.2) is 12.1 Å². The zero-order valence-electron chi connectivity index (χ0n) is 13.2. The highest BCUT2D eigenvalue weighted by atomic mass is 16.1. The molecule has 0 saturated carbocycles. The molecule has 0 aliphatic carbocycles. The minimum atomic E-state index is 0.247. The SMILES string of the molecule is CCC(C)N(CC)CC(=O)c1c(C)cc(C)cc1C. The van der Waals surface area contributed by atoms with Gasteiger partial charge in [0.15, 0.2) is 5.78 Å². The Labute approximate surface area is 117 Å². The van der Waals surface area contributed by atoms with Crippen LogP contribution in [0.4, 0.5) is 0 Å². The van der Waals surface area contributed by atoms with Crippen LogP contribution in [0.1, 0.15) is 54.2 Å². The van der Waals surface area contributed by atoms with E-state index in [-0.39, 0.29) is 5.78 Å². The van der Waals surface area contributed by atoms with Gasteiger partial charge in [0.25, 0.3) is 0 Å². The van der Waals surface area contributed by atoms with Gasteiger partial charge in [0.2, 0.25) is 0 Å². The molecule has 0 fully saturated rings. The van der Waals surface area contributed by atoms with Crippen molar-refractivity contribution in [1.82, 2.24) is 4.90 Å². The standard InChI is InChI=1S/C17H27NO/c1-7-15(6)18(8-2)11-16(19)17-13(4)9-12(3)10-14(17)5/h9-10,15H,7-8,11H2,1-6H3. The van der Waals surface area contributed by atoms with Crippen molar-refractivity contribution < 1.29 is 4.79 Å². The second-order valence-corrected chi connectivity index (χ2v) is 5.52. The van der Waals surface area contributed by atoms with Gasteiger partial charge in [-0.3, -0.25) is 9.69 Å². The van der Waals surface area contributed by atoms with E-state index >= 15 is 0 Å². The first kappa shape index (κ1) is 15.9. The lowest BCUT2D eigenvalue weighted by Crippen LogP contribution is -2.37. The fraction of sp³-hybridized carbons (Fsp3) is 0.588. The molecule has 1 atom stereocenters. The van der Waals surface area contributed by atoms with E-state index in [9.17, 15) is 4.79 Å². The molecular formula is C17H27NO. The summed E-state index contributed by atoms with van der Waals surface area (Å²) in [6, 6.07) is 4.65. The number of hydrogen-bond acceptors (Lipinski definition) is 2. The predicted molar refractivity (Wildman–Crippen MR) is 82.0 cm³/mol. The van der Waals surface area contributed by atoms with Crippen LogP contribution in [-0.4, -0.2) is 29.8 Å². The number of aryl methyl sites for hydroxylation is 3. The predicted octanol–water partition coefficient (Wildman–Crippen LogP) is 3.91.